The zero-order chi connectivity index (χ0) is 17.1. The summed E-state index contributed by atoms with van der Waals surface area (Å²) >= 11 is 5.82. The minimum atomic E-state index is -0.557. The summed E-state index contributed by atoms with van der Waals surface area (Å²) in [6, 6.07) is 13.5. The molecule has 3 rings (SSSR count). The molecule has 1 fully saturated rings. The number of halogens is 2. The molecule has 1 atom stereocenters. The first-order valence-electron chi connectivity index (χ1n) is 7.60. The van der Waals surface area contributed by atoms with Gasteiger partial charge in [-0.25, -0.2) is 4.39 Å². The molecule has 1 N–H and O–H groups in total. The monoisotopic (exact) mass is 346 g/mol. The fraction of sp³-hybridized carbons (Fsp3) is 0.222. The van der Waals surface area contributed by atoms with Crippen molar-refractivity contribution in [3.63, 3.8) is 0 Å². The largest absolute Gasteiger partial charge is 0.338 e. The third-order valence-corrected chi connectivity index (χ3v) is 4.22. The van der Waals surface area contributed by atoms with Crippen LogP contribution in [0.2, 0.25) is 5.02 Å². The average molecular weight is 347 g/mol. The van der Waals surface area contributed by atoms with Gasteiger partial charge in [0.1, 0.15) is 5.82 Å². The van der Waals surface area contributed by atoms with Crippen LogP contribution in [0.4, 0.5) is 10.1 Å². The highest BCUT2D eigenvalue weighted by molar-refractivity contribution is 6.30. The van der Waals surface area contributed by atoms with Crippen LogP contribution < -0.4 is 5.32 Å². The molecule has 1 unspecified atom stereocenters. The standard InChI is InChI=1S/C18H16ClFN2O2/c19-14-6-7-15(20)16(9-14)21-18(24)13-8-17(23)22(11-13)10-12-4-2-1-3-5-12/h1-7,9,13H,8,10-11H2,(H,21,24). The number of nitrogens with zero attached hydrogens (tertiary/aromatic N) is 1. The lowest BCUT2D eigenvalue weighted by Crippen LogP contribution is -2.28. The van der Waals surface area contributed by atoms with Gasteiger partial charge in [0.2, 0.25) is 11.8 Å². The smallest absolute Gasteiger partial charge is 0.229 e. The highest BCUT2D eigenvalue weighted by atomic mass is 35.5. The Labute approximate surface area is 144 Å². The second-order valence-corrected chi connectivity index (χ2v) is 6.21. The first kappa shape index (κ1) is 16.5. The first-order valence-corrected chi connectivity index (χ1v) is 7.98. The Morgan fingerprint density at radius 3 is 2.75 bits per heavy atom. The molecule has 2 aromatic carbocycles. The lowest BCUT2D eigenvalue weighted by atomic mass is 10.1. The van der Waals surface area contributed by atoms with Crippen LogP contribution >= 0.6 is 11.6 Å². The van der Waals surface area contributed by atoms with E-state index in [0.717, 1.165) is 5.56 Å². The summed E-state index contributed by atoms with van der Waals surface area (Å²) < 4.78 is 13.7. The molecule has 0 aliphatic carbocycles. The van der Waals surface area contributed by atoms with Crippen LogP contribution in [0, 0.1) is 11.7 Å². The minimum Gasteiger partial charge on any atom is -0.338 e. The number of benzene rings is 2. The molecular formula is C18H16ClFN2O2. The van der Waals surface area contributed by atoms with E-state index in [-0.39, 0.29) is 23.9 Å². The molecule has 1 heterocycles. The Morgan fingerprint density at radius 1 is 1.25 bits per heavy atom. The van der Waals surface area contributed by atoms with E-state index in [1.54, 1.807) is 4.90 Å². The van der Waals surface area contributed by atoms with Crippen LogP contribution in [-0.2, 0) is 16.1 Å². The number of rotatable bonds is 4. The van der Waals surface area contributed by atoms with Gasteiger partial charge in [-0.1, -0.05) is 41.9 Å². The number of carbonyl (C=O) groups is 2. The van der Waals surface area contributed by atoms with Gasteiger partial charge in [-0.05, 0) is 23.8 Å². The Morgan fingerprint density at radius 2 is 2.00 bits per heavy atom. The van der Waals surface area contributed by atoms with Gasteiger partial charge in [-0.3, -0.25) is 9.59 Å². The summed E-state index contributed by atoms with van der Waals surface area (Å²) in [5.74, 6) is -1.51. The topological polar surface area (TPSA) is 49.4 Å². The van der Waals surface area contributed by atoms with Crippen LogP contribution in [0.25, 0.3) is 0 Å². The molecule has 0 bridgehead atoms. The van der Waals surface area contributed by atoms with Crippen molar-refractivity contribution in [2.24, 2.45) is 5.92 Å². The lowest BCUT2D eigenvalue weighted by Gasteiger charge is -2.16. The van der Waals surface area contributed by atoms with Gasteiger partial charge >= 0.3 is 0 Å². The van der Waals surface area contributed by atoms with Crippen LogP contribution in [0.1, 0.15) is 12.0 Å². The number of nitrogens with one attached hydrogen (secondary N) is 1. The fourth-order valence-corrected chi connectivity index (χ4v) is 2.90. The summed E-state index contributed by atoms with van der Waals surface area (Å²) in [6.07, 6.45) is 0.126. The predicted octanol–water partition coefficient (Wildman–Crippen LogP) is 3.47. The Bertz CT molecular complexity index is 767. The van der Waals surface area contributed by atoms with Crippen LogP contribution in [0.3, 0.4) is 0 Å². The molecule has 0 saturated carbocycles. The zero-order valence-electron chi connectivity index (χ0n) is 12.8. The molecule has 0 spiro atoms. The minimum absolute atomic E-state index is 0.0291. The second kappa shape index (κ2) is 7.01. The molecule has 0 aromatic heterocycles. The first-order chi connectivity index (χ1) is 11.5. The SMILES string of the molecule is O=C(Nc1cc(Cl)ccc1F)C1CC(=O)N(Cc2ccccc2)C1. The van der Waals surface area contributed by atoms with Gasteiger partial charge in [-0.2, -0.15) is 0 Å². The summed E-state index contributed by atoms with van der Waals surface area (Å²) in [6.45, 7) is 0.788. The maximum Gasteiger partial charge on any atom is 0.229 e. The van der Waals surface area contributed by atoms with E-state index < -0.39 is 11.7 Å². The van der Waals surface area contributed by atoms with Gasteiger partial charge in [0, 0.05) is 24.5 Å². The molecule has 1 aliphatic heterocycles. The van der Waals surface area contributed by atoms with Crippen molar-refractivity contribution >= 4 is 29.1 Å². The predicted molar refractivity (Wildman–Crippen MR) is 90.0 cm³/mol. The molecule has 4 nitrogen and oxygen atoms in total. The zero-order valence-corrected chi connectivity index (χ0v) is 13.6. The van der Waals surface area contributed by atoms with Gasteiger partial charge in [0.15, 0.2) is 0 Å². The summed E-state index contributed by atoms with van der Waals surface area (Å²) in [4.78, 5) is 26.1. The molecular weight excluding hydrogens is 331 g/mol. The third kappa shape index (κ3) is 3.74. The molecule has 124 valence electrons. The van der Waals surface area contributed by atoms with Crippen molar-refractivity contribution in [2.45, 2.75) is 13.0 Å². The van der Waals surface area contributed by atoms with Gasteiger partial charge in [-0.15, -0.1) is 0 Å². The quantitative estimate of drug-likeness (QED) is 0.921. The van der Waals surface area contributed by atoms with E-state index in [1.807, 2.05) is 30.3 Å². The van der Waals surface area contributed by atoms with Crippen molar-refractivity contribution in [1.29, 1.82) is 0 Å². The maximum atomic E-state index is 13.7. The van der Waals surface area contributed by atoms with E-state index in [2.05, 4.69) is 5.32 Å². The van der Waals surface area contributed by atoms with E-state index in [0.29, 0.717) is 18.1 Å². The van der Waals surface area contributed by atoms with Crippen molar-refractivity contribution in [3.05, 3.63) is 64.9 Å². The van der Waals surface area contributed by atoms with E-state index in [4.69, 9.17) is 11.6 Å². The highest BCUT2D eigenvalue weighted by Gasteiger charge is 2.34. The average Bonchev–Trinajstić information content (AvgIpc) is 2.93. The van der Waals surface area contributed by atoms with Crippen molar-refractivity contribution < 1.29 is 14.0 Å². The van der Waals surface area contributed by atoms with Crippen LogP contribution in [0.15, 0.2) is 48.5 Å². The lowest BCUT2D eigenvalue weighted by molar-refractivity contribution is -0.128. The number of likely N-dealkylation sites (tertiary alicyclic amines) is 1. The summed E-state index contributed by atoms with van der Waals surface area (Å²) in [5.41, 5.74) is 1.04. The summed E-state index contributed by atoms with van der Waals surface area (Å²) in [5, 5.41) is 2.85. The Kier molecular flexibility index (Phi) is 4.81. The van der Waals surface area contributed by atoms with Crippen molar-refractivity contribution in [3.8, 4) is 0 Å². The molecule has 24 heavy (non-hydrogen) atoms. The molecule has 1 aliphatic rings. The number of amides is 2. The second-order valence-electron chi connectivity index (χ2n) is 5.77. The van der Waals surface area contributed by atoms with E-state index >= 15 is 0 Å². The van der Waals surface area contributed by atoms with E-state index in [1.165, 1.54) is 18.2 Å². The summed E-state index contributed by atoms with van der Waals surface area (Å²) in [7, 11) is 0. The van der Waals surface area contributed by atoms with Crippen LogP contribution in [-0.4, -0.2) is 23.3 Å². The highest BCUT2D eigenvalue weighted by Crippen LogP contribution is 2.24. The van der Waals surface area contributed by atoms with Gasteiger partial charge < -0.3 is 10.2 Å². The fourth-order valence-electron chi connectivity index (χ4n) is 2.73. The molecule has 2 aromatic rings. The van der Waals surface area contributed by atoms with Crippen molar-refractivity contribution in [2.75, 3.05) is 11.9 Å². The van der Waals surface area contributed by atoms with E-state index in [9.17, 15) is 14.0 Å². The number of anilines is 1. The normalized spacial score (nSPS) is 17.2. The third-order valence-electron chi connectivity index (χ3n) is 3.99. The number of hydrogen-bond acceptors (Lipinski definition) is 2. The van der Waals surface area contributed by atoms with Gasteiger partial charge in [0.05, 0.1) is 11.6 Å². The van der Waals surface area contributed by atoms with Crippen LogP contribution in [0.5, 0.6) is 0 Å². The molecule has 6 heteroatoms. The molecule has 1 saturated heterocycles. The maximum absolute atomic E-state index is 13.7. The Balaban J connectivity index is 1.64. The number of hydrogen-bond donors (Lipinski definition) is 1. The number of carbonyl (C=O) groups excluding carboxylic acids is 2. The Hall–Kier alpha value is -2.40. The molecule has 0 radical (unpaired) electrons. The van der Waals surface area contributed by atoms with Gasteiger partial charge in [0.25, 0.3) is 0 Å². The van der Waals surface area contributed by atoms with Crippen molar-refractivity contribution in [1.82, 2.24) is 4.90 Å². The molecule has 2 amide bonds.